The van der Waals surface area contributed by atoms with Gasteiger partial charge in [0.2, 0.25) is 0 Å². The molecule has 0 saturated heterocycles. The zero-order valence-electron chi connectivity index (χ0n) is 9.36. The van der Waals surface area contributed by atoms with E-state index in [1.54, 1.807) is 7.05 Å². The molecule has 0 atom stereocenters. The first-order chi connectivity index (χ1) is 7.35. The molecule has 0 amide bonds. The largest absolute Gasteiger partial charge is 0.468 e. The summed E-state index contributed by atoms with van der Waals surface area (Å²) in [5.41, 5.74) is -0.934. The lowest BCUT2D eigenvalue weighted by Crippen LogP contribution is -2.54. The van der Waals surface area contributed by atoms with Crippen LogP contribution in [-0.2, 0) is 9.53 Å². The minimum Gasteiger partial charge on any atom is -0.468 e. The second-order valence-electron chi connectivity index (χ2n) is 4.14. The van der Waals surface area contributed by atoms with Gasteiger partial charge in [-0.25, -0.2) is 0 Å². The number of likely N-dealkylation sites (N-methyl/N-ethyl adjacent to an activating group) is 1. The van der Waals surface area contributed by atoms with Gasteiger partial charge in [0.25, 0.3) is 0 Å². The Balaban J connectivity index is 2.68. The first-order valence-electron chi connectivity index (χ1n) is 5.20. The lowest BCUT2D eigenvalue weighted by molar-refractivity contribution is -0.188. The molecule has 1 aliphatic rings. The van der Waals surface area contributed by atoms with E-state index in [2.05, 4.69) is 10.1 Å². The number of nitrogens with one attached hydrogen (secondary N) is 1. The Morgan fingerprint density at radius 3 is 2.19 bits per heavy atom. The van der Waals surface area contributed by atoms with Crippen molar-refractivity contribution in [3.63, 3.8) is 0 Å². The van der Waals surface area contributed by atoms with Gasteiger partial charge in [0, 0.05) is 0 Å². The average molecular weight is 239 g/mol. The van der Waals surface area contributed by atoms with E-state index < -0.39 is 23.6 Å². The molecule has 0 bridgehead atoms. The maximum atomic E-state index is 12.4. The van der Waals surface area contributed by atoms with Crippen molar-refractivity contribution in [3.05, 3.63) is 0 Å². The number of hydrogen-bond donors (Lipinski definition) is 1. The van der Waals surface area contributed by atoms with Crippen LogP contribution in [-0.4, -0.2) is 31.8 Å². The van der Waals surface area contributed by atoms with E-state index in [0.29, 0.717) is 0 Å². The summed E-state index contributed by atoms with van der Waals surface area (Å²) in [5, 5.41) is 2.80. The molecule has 1 N–H and O–H groups in total. The predicted molar refractivity (Wildman–Crippen MR) is 51.8 cm³/mol. The fourth-order valence-corrected chi connectivity index (χ4v) is 2.19. The van der Waals surface area contributed by atoms with Gasteiger partial charge in [0.05, 0.1) is 13.0 Å². The molecule has 16 heavy (non-hydrogen) atoms. The molecule has 1 rings (SSSR count). The summed E-state index contributed by atoms with van der Waals surface area (Å²) in [6.07, 6.45) is -3.88. The van der Waals surface area contributed by atoms with Crippen LogP contribution < -0.4 is 5.32 Å². The molecule has 1 saturated carbocycles. The Bertz CT molecular complexity index is 257. The molecule has 1 fully saturated rings. The Morgan fingerprint density at radius 1 is 1.38 bits per heavy atom. The topological polar surface area (TPSA) is 38.3 Å². The zero-order valence-corrected chi connectivity index (χ0v) is 9.36. The van der Waals surface area contributed by atoms with Crippen molar-refractivity contribution < 1.29 is 22.7 Å². The van der Waals surface area contributed by atoms with E-state index in [4.69, 9.17) is 0 Å². The van der Waals surface area contributed by atoms with Gasteiger partial charge in [-0.3, -0.25) is 4.79 Å². The molecule has 0 spiro atoms. The molecular formula is C10H16F3NO2. The molecule has 94 valence electrons. The number of methoxy groups -OCH3 is 1. The highest BCUT2D eigenvalue weighted by Gasteiger charge is 2.48. The standard InChI is InChI=1S/C10H16F3NO2/c1-14-9(8(15)16-2)5-3-7(4-6-9)10(11,12)13/h7,14H,3-6H2,1-2H3. The van der Waals surface area contributed by atoms with E-state index >= 15 is 0 Å². The number of alkyl halides is 3. The fraction of sp³-hybridized carbons (Fsp3) is 0.900. The van der Waals surface area contributed by atoms with E-state index in [-0.39, 0.29) is 25.7 Å². The first-order valence-corrected chi connectivity index (χ1v) is 5.20. The SMILES string of the molecule is CNC1(C(=O)OC)CCC(C(F)(F)F)CC1. The van der Waals surface area contributed by atoms with E-state index in [1.807, 2.05) is 0 Å². The molecule has 0 unspecified atom stereocenters. The van der Waals surface area contributed by atoms with Crippen LogP contribution in [0.4, 0.5) is 13.2 Å². The van der Waals surface area contributed by atoms with Crippen LogP contribution in [0.3, 0.4) is 0 Å². The second kappa shape index (κ2) is 4.61. The van der Waals surface area contributed by atoms with Crippen molar-refractivity contribution in [2.24, 2.45) is 5.92 Å². The summed E-state index contributed by atoms with van der Waals surface area (Å²) >= 11 is 0. The van der Waals surface area contributed by atoms with Gasteiger partial charge < -0.3 is 10.1 Å². The zero-order chi connectivity index (χ0) is 12.4. The Kier molecular flexibility index (Phi) is 3.83. The Labute approximate surface area is 92.3 Å². The lowest BCUT2D eigenvalue weighted by Gasteiger charge is -2.38. The molecule has 0 aromatic carbocycles. The fourth-order valence-electron chi connectivity index (χ4n) is 2.19. The predicted octanol–water partition coefficient (Wildman–Crippen LogP) is 1.87. The monoisotopic (exact) mass is 239 g/mol. The van der Waals surface area contributed by atoms with Gasteiger partial charge in [0.15, 0.2) is 0 Å². The Morgan fingerprint density at radius 2 is 1.88 bits per heavy atom. The number of rotatable bonds is 2. The van der Waals surface area contributed by atoms with Crippen molar-refractivity contribution >= 4 is 5.97 Å². The molecular weight excluding hydrogens is 223 g/mol. The van der Waals surface area contributed by atoms with Crippen LogP contribution in [0.2, 0.25) is 0 Å². The molecule has 0 radical (unpaired) electrons. The van der Waals surface area contributed by atoms with Crippen LogP contribution in [0, 0.1) is 5.92 Å². The van der Waals surface area contributed by atoms with Crippen LogP contribution in [0.15, 0.2) is 0 Å². The number of carbonyl (C=O) groups is 1. The molecule has 0 aromatic rings. The van der Waals surface area contributed by atoms with Crippen molar-refractivity contribution in [1.29, 1.82) is 0 Å². The summed E-state index contributed by atoms with van der Waals surface area (Å²) in [6, 6.07) is 0. The molecule has 0 heterocycles. The van der Waals surface area contributed by atoms with Crippen LogP contribution in [0.25, 0.3) is 0 Å². The van der Waals surface area contributed by atoms with Crippen LogP contribution in [0.1, 0.15) is 25.7 Å². The van der Waals surface area contributed by atoms with Gasteiger partial charge >= 0.3 is 12.1 Å². The quantitative estimate of drug-likeness (QED) is 0.747. The molecule has 6 heteroatoms. The lowest BCUT2D eigenvalue weighted by atomic mass is 9.76. The first kappa shape index (κ1) is 13.3. The van der Waals surface area contributed by atoms with Gasteiger partial charge in [-0.05, 0) is 32.7 Å². The highest BCUT2D eigenvalue weighted by molar-refractivity contribution is 5.80. The maximum Gasteiger partial charge on any atom is 0.391 e. The van der Waals surface area contributed by atoms with Gasteiger partial charge in [-0.15, -0.1) is 0 Å². The third-order valence-electron chi connectivity index (χ3n) is 3.36. The van der Waals surface area contributed by atoms with E-state index in [1.165, 1.54) is 7.11 Å². The van der Waals surface area contributed by atoms with Crippen molar-refractivity contribution in [1.82, 2.24) is 5.32 Å². The highest BCUT2D eigenvalue weighted by atomic mass is 19.4. The van der Waals surface area contributed by atoms with Gasteiger partial charge in [0.1, 0.15) is 5.54 Å². The average Bonchev–Trinajstić information content (AvgIpc) is 2.26. The van der Waals surface area contributed by atoms with Crippen molar-refractivity contribution in [2.75, 3.05) is 14.2 Å². The van der Waals surface area contributed by atoms with E-state index in [0.717, 1.165) is 0 Å². The van der Waals surface area contributed by atoms with Crippen LogP contribution in [0.5, 0.6) is 0 Å². The van der Waals surface area contributed by atoms with E-state index in [9.17, 15) is 18.0 Å². The third-order valence-corrected chi connectivity index (χ3v) is 3.36. The number of esters is 1. The summed E-state index contributed by atoms with van der Waals surface area (Å²) in [4.78, 5) is 11.5. The minimum absolute atomic E-state index is 0.0283. The second-order valence-corrected chi connectivity index (χ2v) is 4.14. The summed E-state index contributed by atoms with van der Waals surface area (Å²) in [5.74, 6) is -1.77. The normalized spacial score (nSPS) is 31.2. The third kappa shape index (κ3) is 2.48. The molecule has 0 aromatic heterocycles. The van der Waals surface area contributed by atoms with Crippen LogP contribution >= 0.6 is 0 Å². The summed E-state index contributed by atoms with van der Waals surface area (Å²) in [7, 11) is 2.82. The summed E-state index contributed by atoms with van der Waals surface area (Å²) < 4.78 is 42.0. The van der Waals surface area contributed by atoms with Crippen molar-refractivity contribution in [2.45, 2.75) is 37.4 Å². The molecule has 0 aliphatic heterocycles. The molecule has 3 nitrogen and oxygen atoms in total. The minimum atomic E-state index is -4.16. The van der Waals surface area contributed by atoms with Crippen molar-refractivity contribution in [3.8, 4) is 0 Å². The van der Waals surface area contributed by atoms with Gasteiger partial charge in [-0.1, -0.05) is 0 Å². The number of hydrogen-bond acceptors (Lipinski definition) is 3. The number of carbonyl (C=O) groups excluding carboxylic acids is 1. The highest BCUT2D eigenvalue weighted by Crippen LogP contribution is 2.41. The maximum absolute atomic E-state index is 12.4. The summed E-state index contributed by atoms with van der Waals surface area (Å²) in [6.45, 7) is 0. The molecule has 1 aliphatic carbocycles. The smallest absolute Gasteiger partial charge is 0.391 e. The number of ether oxygens (including phenoxy) is 1. The van der Waals surface area contributed by atoms with Gasteiger partial charge in [-0.2, -0.15) is 13.2 Å². The number of halogens is 3. The Hall–Kier alpha value is -0.780.